The molecule has 1 atom stereocenters. The van der Waals surface area contributed by atoms with Crippen LogP contribution in [-0.4, -0.2) is 43.6 Å². The first-order chi connectivity index (χ1) is 8.79. The number of para-hydroxylation sites is 2. The van der Waals surface area contributed by atoms with Crippen LogP contribution in [0.2, 0.25) is 0 Å². The summed E-state index contributed by atoms with van der Waals surface area (Å²) in [6, 6.07) is 8.48. The molecule has 18 heavy (non-hydrogen) atoms. The van der Waals surface area contributed by atoms with Gasteiger partial charge in [-0.15, -0.1) is 0 Å². The van der Waals surface area contributed by atoms with Crippen molar-refractivity contribution in [1.82, 2.24) is 4.90 Å². The van der Waals surface area contributed by atoms with Crippen molar-refractivity contribution >= 4 is 11.6 Å². The molecule has 0 N–H and O–H groups in total. The van der Waals surface area contributed by atoms with Crippen LogP contribution in [-0.2, 0) is 4.79 Å². The minimum Gasteiger partial charge on any atom is -0.495 e. The van der Waals surface area contributed by atoms with Crippen LogP contribution in [0.3, 0.4) is 0 Å². The van der Waals surface area contributed by atoms with Crippen LogP contribution in [0.4, 0.5) is 5.69 Å². The van der Waals surface area contributed by atoms with Crippen LogP contribution in [0.25, 0.3) is 0 Å². The number of ether oxygens (including phenoxy) is 1. The molecule has 4 nitrogen and oxygen atoms in total. The van der Waals surface area contributed by atoms with Gasteiger partial charge in [0.25, 0.3) is 0 Å². The standard InChI is InChI=1S/C14H18N2O2/c1-18-13-5-3-2-4-12(13)15-8-9-16-11(10-15)6-7-14(16)17/h2-5,11H,6-10H2,1H3. The summed E-state index contributed by atoms with van der Waals surface area (Å²) in [6.07, 6.45) is 1.70. The molecule has 1 amide bonds. The molecule has 2 heterocycles. The molecule has 0 aliphatic carbocycles. The Labute approximate surface area is 107 Å². The SMILES string of the molecule is COc1ccccc1N1CCN2C(=O)CCC2C1. The van der Waals surface area contributed by atoms with Crippen LogP contribution in [0.1, 0.15) is 12.8 Å². The number of anilines is 1. The van der Waals surface area contributed by atoms with Gasteiger partial charge in [0.2, 0.25) is 5.91 Å². The third-order valence-corrected chi connectivity index (χ3v) is 3.92. The zero-order valence-electron chi connectivity index (χ0n) is 10.6. The molecule has 0 aromatic heterocycles. The monoisotopic (exact) mass is 246 g/mol. The maximum atomic E-state index is 11.7. The number of piperazine rings is 1. The molecule has 2 aliphatic heterocycles. The Balaban J connectivity index is 1.80. The number of fused-ring (bicyclic) bond motifs is 1. The van der Waals surface area contributed by atoms with Gasteiger partial charge >= 0.3 is 0 Å². The van der Waals surface area contributed by atoms with Crippen molar-refractivity contribution < 1.29 is 9.53 Å². The van der Waals surface area contributed by atoms with Gasteiger partial charge < -0.3 is 14.5 Å². The van der Waals surface area contributed by atoms with Crippen molar-refractivity contribution in [3.63, 3.8) is 0 Å². The number of hydrogen-bond acceptors (Lipinski definition) is 3. The molecule has 0 saturated carbocycles. The predicted octanol–water partition coefficient (Wildman–Crippen LogP) is 1.51. The molecular weight excluding hydrogens is 228 g/mol. The second-order valence-electron chi connectivity index (χ2n) is 4.90. The van der Waals surface area contributed by atoms with Crippen molar-refractivity contribution in [2.45, 2.75) is 18.9 Å². The minimum absolute atomic E-state index is 0.319. The maximum Gasteiger partial charge on any atom is 0.223 e. The van der Waals surface area contributed by atoms with E-state index in [1.54, 1.807) is 7.11 Å². The third kappa shape index (κ3) is 1.82. The third-order valence-electron chi connectivity index (χ3n) is 3.92. The zero-order chi connectivity index (χ0) is 12.5. The average molecular weight is 246 g/mol. The number of hydrogen-bond donors (Lipinski definition) is 0. The molecule has 96 valence electrons. The molecule has 0 bridgehead atoms. The molecule has 0 radical (unpaired) electrons. The van der Waals surface area contributed by atoms with Crippen molar-refractivity contribution in [3.8, 4) is 5.75 Å². The van der Waals surface area contributed by atoms with E-state index in [0.29, 0.717) is 18.4 Å². The summed E-state index contributed by atoms with van der Waals surface area (Å²) in [7, 11) is 1.70. The molecular formula is C14H18N2O2. The smallest absolute Gasteiger partial charge is 0.223 e. The number of methoxy groups -OCH3 is 1. The van der Waals surface area contributed by atoms with Gasteiger partial charge in [0.1, 0.15) is 5.75 Å². The van der Waals surface area contributed by atoms with Crippen LogP contribution < -0.4 is 9.64 Å². The lowest BCUT2D eigenvalue weighted by Gasteiger charge is -2.39. The van der Waals surface area contributed by atoms with Gasteiger partial charge in [-0.05, 0) is 18.6 Å². The van der Waals surface area contributed by atoms with E-state index in [9.17, 15) is 4.79 Å². The topological polar surface area (TPSA) is 32.8 Å². The Morgan fingerprint density at radius 1 is 1.28 bits per heavy atom. The fourth-order valence-electron chi connectivity index (χ4n) is 2.97. The fraction of sp³-hybridized carbons (Fsp3) is 0.500. The van der Waals surface area contributed by atoms with E-state index in [1.165, 1.54) is 0 Å². The Morgan fingerprint density at radius 2 is 2.11 bits per heavy atom. The molecule has 1 aromatic rings. The lowest BCUT2D eigenvalue weighted by atomic mass is 10.1. The van der Waals surface area contributed by atoms with Gasteiger partial charge in [-0.2, -0.15) is 0 Å². The first-order valence-electron chi connectivity index (χ1n) is 6.47. The summed E-state index contributed by atoms with van der Waals surface area (Å²) in [5.74, 6) is 1.23. The number of amides is 1. The van der Waals surface area contributed by atoms with Gasteiger partial charge in [0.05, 0.1) is 12.8 Å². The van der Waals surface area contributed by atoms with Gasteiger partial charge in [-0.25, -0.2) is 0 Å². The van der Waals surface area contributed by atoms with E-state index in [0.717, 1.165) is 37.5 Å². The van der Waals surface area contributed by atoms with E-state index in [2.05, 4.69) is 11.0 Å². The lowest BCUT2D eigenvalue weighted by Crippen LogP contribution is -2.51. The summed E-state index contributed by atoms with van der Waals surface area (Å²) in [5, 5.41) is 0. The highest BCUT2D eigenvalue weighted by atomic mass is 16.5. The van der Waals surface area contributed by atoms with Gasteiger partial charge in [-0.3, -0.25) is 4.79 Å². The maximum absolute atomic E-state index is 11.7. The van der Waals surface area contributed by atoms with E-state index < -0.39 is 0 Å². The molecule has 2 aliphatic rings. The number of nitrogens with zero attached hydrogens (tertiary/aromatic N) is 2. The molecule has 4 heteroatoms. The summed E-state index contributed by atoms with van der Waals surface area (Å²) in [5.41, 5.74) is 1.14. The first kappa shape index (κ1) is 11.4. The Kier molecular flexibility index (Phi) is 2.86. The molecule has 1 aromatic carbocycles. The number of rotatable bonds is 2. The minimum atomic E-state index is 0.319. The fourth-order valence-corrected chi connectivity index (χ4v) is 2.97. The Bertz CT molecular complexity index is 461. The lowest BCUT2D eigenvalue weighted by molar-refractivity contribution is -0.129. The van der Waals surface area contributed by atoms with Crippen LogP contribution >= 0.6 is 0 Å². The van der Waals surface area contributed by atoms with Crippen LogP contribution in [0, 0.1) is 0 Å². The van der Waals surface area contributed by atoms with E-state index in [-0.39, 0.29) is 0 Å². The highest BCUT2D eigenvalue weighted by molar-refractivity contribution is 5.79. The summed E-state index contributed by atoms with van der Waals surface area (Å²) >= 11 is 0. The average Bonchev–Trinajstić information content (AvgIpc) is 2.80. The normalized spacial score (nSPS) is 23.2. The van der Waals surface area contributed by atoms with Gasteiger partial charge in [0, 0.05) is 32.1 Å². The first-order valence-corrected chi connectivity index (χ1v) is 6.47. The number of carbonyl (C=O) groups excluding carboxylic acids is 1. The van der Waals surface area contributed by atoms with E-state index in [4.69, 9.17) is 4.74 Å². The van der Waals surface area contributed by atoms with E-state index >= 15 is 0 Å². The van der Waals surface area contributed by atoms with Crippen molar-refractivity contribution in [2.24, 2.45) is 0 Å². The molecule has 3 rings (SSSR count). The summed E-state index contributed by atoms with van der Waals surface area (Å²) in [4.78, 5) is 16.0. The zero-order valence-corrected chi connectivity index (χ0v) is 10.6. The summed E-state index contributed by atoms with van der Waals surface area (Å²) < 4.78 is 5.41. The quantitative estimate of drug-likeness (QED) is 0.793. The number of carbonyl (C=O) groups is 1. The second-order valence-corrected chi connectivity index (χ2v) is 4.90. The van der Waals surface area contributed by atoms with Gasteiger partial charge in [0.15, 0.2) is 0 Å². The molecule has 0 spiro atoms. The second kappa shape index (κ2) is 4.52. The predicted molar refractivity (Wildman–Crippen MR) is 69.9 cm³/mol. The molecule has 1 unspecified atom stereocenters. The molecule has 2 fully saturated rings. The van der Waals surface area contributed by atoms with Crippen molar-refractivity contribution in [3.05, 3.63) is 24.3 Å². The van der Waals surface area contributed by atoms with E-state index in [1.807, 2.05) is 23.1 Å². The van der Waals surface area contributed by atoms with Crippen LogP contribution in [0.15, 0.2) is 24.3 Å². The van der Waals surface area contributed by atoms with Crippen molar-refractivity contribution in [2.75, 3.05) is 31.6 Å². The van der Waals surface area contributed by atoms with Crippen molar-refractivity contribution in [1.29, 1.82) is 0 Å². The van der Waals surface area contributed by atoms with Gasteiger partial charge in [-0.1, -0.05) is 12.1 Å². The van der Waals surface area contributed by atoms with Crippen LogP contribution in [0.5, 0.6) is 5.75 Å². The Hall–Kier alpha value is -1.71. The largest absolute Gasteiger partial charge is 0.495 e. The summed E-state index contributed by atoms with van der Waals surface area (Å²) in [6.45, 7) is 2.65. The highest BCUT2D eigenvalue weighted by Crippen LogP contribution is 2.31. The molecule has 2 saturated heterocycles. The Morgan fingerprint density at radius 3 is 2.94 bits per heavy atom. The highest BCUT2D eigenvalue weighted by Gasteiger charge is 2.35. The number of benzene rings is 1.